The molecule has 3 aliphatic heterocycles. The van der Waals surface area contributed by atoms with E-state index in [1.807, 2.05) is 0 Å². The maximum atomic E-state index is 5.16. The van der Waals surface area contributed by atoms with Gasteiger partial charge in [0.15, 0.2) is 0 Å². The van der Waals surface area contributed by atoms with E-state index in [0.29, 0.717) is 0 Å². The molecule has 0 bridgehead atoms. The summed E-state index contributed by atoms with van der Waals surface area (Å²) in [5, 5.41) is 0. The van der Waals surface area contributed by atoms with Gasteiger partial charge in [0.05, 0.1) is 11.2 Å². The van der Waals surface area contributed by atoms with Gasteiger partial charge in [-0.25, -0.2) is 4.99 Å². The highest BCUT2D eigenvalue weighted by atomic mass is 15.5. The molecular formula is C26H33N5. The molecule has 3 heterocycles. The molecule has 3 fully saturated rings. The van der Waals surface area contributed by atoms with Crippen LogP contribution in [0.3, 0.4) is 0 Å². The lowest BCUT2D eigenvalue weighted by molar-refractivity contribution is 0.195. The zero-order chi connectivity index (χ0) is 20.8. The summed E-state index contributed by atoms with van der Waals surface area (Å²) in [6.45, 7) is 7.60. The number of nitrogens with zero attached hydrogens (tertiary/aromatic N) is 5. The summed E-state index contributed by atoms with van der Waals surface area (Å²) in [6.07, 6.45) is 5.29. The third-order valence-corrected chi connectivity index (χ3v) is 7.84. The molecular weight excluding hydrogens is 382 g/mol. The Labute approximate surface area is 186 Å². The van der Waals surface area contributed by atoms with Crippen LogP contribution in [0.25, 0.3) is 0 Å². The normalized spacial score (nSPS) is 22.6. The number of hydrogen-bond acceptors (Lipinski definition) is 5. The minimum atomic E-state index is 0.284. The number of guanidine groups is 1. The van der Waals surface area contributed by atoms with Gasteiger partial charge < -0.3 is 19.6 Å². The maximum absolute atomic E-state index is 5.16. The Kier molecular flexibility index (Phi) is 4.67. The Morgan fingerprint density at radius 2 is 1.65 bits per heavy atom. The molecule has 0 atom stereocenters. The highest BCUT2D eigenvalue weighted by molar-refractivity contribution is 5.88. The van der Waals surface area contributed by atoms with Gasteiger partial charge in [-0.3, -0.25) is 0 Å². The van der Waals surface area contributed by atoms with Crippen LogP contribution in [0.5, 0.6) is 0 Å². The van der Waals surface area contributed by atoms with E-state index in [-0.39, 0.29) is 5.54 Å². The van der Waals surface area contributed by atoms with E-state index in [4.69, 9.17) is 4.99 Å². The van der Waals surface area contributed by atoms with E-state index >= 15 is 0 Å². The number of para-hydroxylation sites is 1. The Morgan fingerprint density at radius 3 is 2.42 bits per heavy atom. The van der Waals surface area contributed by atoms with Gasteiger partial charge in [0, 0.05) is 51.5 Å². The lowest BCUT2D eigenvalue weighted by Gasteiger charge is -2.37. The highest BCUT2D eigenvalue weighted by Crippen LogP contribution is 2.45. The lowest BCUT2D eigenvalue weighted by Crippen LogP contribution is -2.45. The van der Waals surface area contributed by atoms with Crippen molar-refractivity contribution in [2.45, 2.75) is 44.3 Å². The van der Waals surface area contributed by atoms with Crippen molar-refractivity contribution in [3.8, 4) is 0 Å². The van der Waals surface area contributed by atoms with Crippen LogP contribution in [-0.2, 0) is 13.1 Å². The number of hydrogen-bond donors (Lipinski definition) is 0. The molecule has 1 saturated carbocycles. The SMILES string of the molecule is CN1CCN(c2ccc(CN3CC4(CCCC4)N4Cc5ccccc5N=C34)cc2)CC1. The first kappa shape index (κ1) is 19.2. The summed E-state index contributed by atoms with van der Waals surface area (Å²) in [7, 11) is 2.21. The molecule has 2 aromatic rings. The summed E-state index contributed by atoms with van der Waals surface area (Å²) < 4.78 is 0. The van der Waals surface area contributed by atoms with Crippen LogP contribution in [0.4, 0.5) is 11.4 Å². The van der Waals surface area contributed by atoms with Crippen molar-refractivity contribution in [1.82, 2.24) is 14.7 Å². The molecule has 5 nitrogen and oxygen atoms in total. The molecule has 162 valence electrons. The lowest BCUT2D eigenvalue weighted by atomic mass is 9.95. The minimum absolute atomic E-state index is 0.284. The number of anilines is 1. The second-order valence-corrected chi connectivity index (χ2v) is 9.87. The van der Waals surface area contributed by atoms with Crippen LogP contribution < -0.4 is 4.90 Å². The fourth-order valence-corrected chi connectivity index (χ4v) is 5.98. The van der Waals surface area contributed by atoms with Gasteiger partial charge in [-0.2, -0.15) is 0 Å². The highest BCUT2D eigenvalue weighted by Gasteiger charge is 2.50. The monoisotopic (exact) mass is 415 g/mol. The largest absolute Gasteiger partial charge is 0.369 e. The zero-order valence-corrected chi connectivity index (χ0v) is 18.6. The van der Waals surface area contributed by atoms with Gasteiger partial charge in [0.25, 0.3) is 0 Å². The summed E-state index contributed by atoms with van der Waals surface area (Å²) in [4.78, 5) is 15.3. The molecule has 31 heavy (non-hydrogen) atoms. The second-order valence-electron chi connectivity index (χ2n) is 9.87. The van der Waals surface area contributed by atoms with E-state index in [1.54, 1.807) is 0 Å². The fourth-order valence-electron chi connectivity index (χ4n) is 5.98. The standard InChI is InChI=1S/C26H33N5/c1-28-14-16-29(17-15-28)23-10-8-21(9-11-23)18-30-20-26(12-4-5-13-26)31-19-22-6-2-3-7-24(22)27-25(30)31/h2-3,6-11H,4-5,12-20H2,1H3. The van der Waals surface area contributed by atoms with E-state index in [1.165, 1.54) is 48.5 Å². The van der Waals surface area contributed by atoms with Gasteiger partial charge in [0.2, 0.25) is 5.96 Å². The predicted molar refractivity (Wildman–Crippen MR) is 127 cm³/mol. The van der Waals surface area contributed by atoms with Gasteiger partial charge in [0.1, 0.15) is 0 Å². The smallest absolute Gasteiger partial charge is 0.203 e. The van der Waals surface area contributed by atoms with Crippen molar-refractivity contribution in [2.75, 3.05) is 44.7 Å². The van der Waals surface area contributed by atoms with Crippen LogP contribution in [0.1, 0.15) is 36.8 Å². The maximum Gasteiger partial charge on any atom is 0.203 e. The number of fused-ring (bicyclic) bond motifs is 3. The van der Waals surface area contributed by atoms with Crippen LogP contribution in [0, 0.1) is 0 Å². The van der Waals surface area contributed by atoms with Gasteiger partial charge in [-0.15, -0.1) is 0 Å². The molecule has 0 amide bonds. The van der Waals surface area contributed by atoms with Gasteiger partial charge in [-0.05, 0) is 49.2 Å². The first-order valence-corrected chi connectivity index (χ1v) is 11.9. The molecule has 0 unspecified atom stereocenters. The number of benzene rings is 2. The molecule has 0 aromatic heterocycles. The Bertz CT molecular complexity index is 968. The van der Waals surface area contributed by atoms with E-state index in [0.717, 1.165) is 51.5 Å². The van der Waals surface area contributed by atoms with Crippen LogP contribution >= 0.6 is 0 Å². The van der Waals surface area contributed by atoms with E-state index in [9.17, 15) is 0 Å². The van der Waals surface area contributed by atoms with Crippen molar-refractivity contribution in [3.63, 3.8) is 0 Å². The van der Waals surface area contributed by atoms with Gasteiger partial charge in [-0.1, -0.05) is 43.2 Å². The molecule has 0 N–H and O–H groups in total. The predicted octanol–water partition coefficient (Wildman–Crippen LogP) is 4.07. The third kappa shape index (κ3) is 3.39. The Morgan fingerprint density at radius 1 is 0.903 bits per heavy atom. The first-order chi connectivity index (χ1) is 15.2. The summed E-state index contributed by atoms with van der Waals surface area (Å²) in [5.74, 6) is 1.20. The Balaban J connectivity index is 1.24. The average molecular weight is 416 g/mol. The van der Waals surface area contributed by atoms with Crippen molar-refractivity contribution in [3.05, 3.63) is 59.7 Å². The zero-order valence-electron chi connectivity index (χ0n) is 18.6. The fraction of sp³-hybridized carbons (Fsp3) is 0.500. The second kappa shape index (κ2) is 7.56. The third-order valence-electron chi connectivity index (χ3n) is 7.84. The van der Waals surface area contributed by atoms with Crippen molar-refractivity contribution < 1.29 is 0 Å². The van der Waals surface area contributed by atoms with Crippen LogP contribution in [-0.4, -0.2) is 66.0 Å². The Hall–Kier alpha value is -2.53. The topological polar surface area (TPSA) is 25.3 Å². The van der Waals surface area contributed by atoms with Crippen molar-refractivity contribution >= 4 is 17.3 Å². The molecule has 2 aromatic carbocycles. The molecule has 0 radical (unpaired) electrons. The van der Waals surface area contributed by atoms with Crippen molar-refractivity contribution in [2.24, 2.45) is 4.99 Å². The number of piperazine rings is 1. The van der Waals surface area contributed by atoms with Gasteiger partial charge >= 0.3 is 0 Å². The van der Waals surface area contributed by atoms with E-state index < -0.39 is 0 Å². The average Bonchev–Trinajstić information content (AvgIpc) is 3.39. The summed E-state index contributed by atoms with van der Waals surface area (Å²) >= 11 is 0. The van der Waals surface area contributed by atoms with Crippen LogP contribution in [0.2, 0.25) is 0 Å². The number of aliphatic imine (C=N–C) groups is 1. The molecule has 4 aliphatic rings. The number of likely N-dealkylation sites (N-methyl/N-ethyl adjacent to an activating group) is 1. The summed E-state index contributed by atoms with van der Waals surface area (Å²) in [5.41, 5.74) is 5.55. The molecule has 5 heteroatoms. The molecule has 2 saturated heterocycles. The quantitative estimate of drug-likeness (QED) is 0.755. The molecule has 6 rings (SSSR count). The number of rotatable bonds is 3. The summed E-state index contributed by atoms with van der Waals surface area (Å²) in [6, 6.07) is 18.0. The van der Waals surface area contributed by atoms with E-state index in [2.05, 4.69) is 75.2 Å². The molecule has 1 spiro atoms. The first-order valence-electron chi connectivity index (χ1n) is 11.9. The van der Waals surface area contributed by atoms with Crippen molar-refractivity contribution in [1.29, 1.82) is 0 Å². The minimum Gasteiger partial charge on any atom is -0.369 e. The van der Waals surface area contributed by atoms with Crippen LogP contribution in [0.15, 0.2) is 53.5 Å². The molecule has 1 aliphatic carbocycles.